The van der Waals surface area contributed by atoms with Crippen LogP contribution in [0.1, 0.15) is 58.3 Å². The van der Waals surface area contributed by atoms with Crippen molar-refractivity contribution in [3.8, 4) is 0 Å². The second-order valence-electron chi connectivity index (χ2n) is 7.00. The molecule has 5 nitrogen and oxygen atoms in total. The van der Waals surface area contributed by atoms with Gasteiger partial charge in [-0.25, -0.2) is 0 Å². The fourth-order valence-electron chi connectivity index (χ4n) is 3.81. The molecular formula is C18H28O5. The van der Waals surface area contributed by atoms with Crippen molar-refractivity contribution in [3.05, 3.63) is 11.1 Å². The molecule has 3 aliphatic rings. The topological polar surface area (TPSA) is 79.3 Å². The molecule has 3 rings (SSSR count). The number of carbonyl (C=O) groups excluding carboxylic acids is 1. The van der Waals surface area contributed by atoms with Crippen molar-refractivity contribution in [3.63, 3.8) is 0 Å². The lowest BCUT2D eigenvalue weighted by Gasteiger charge is -2.23. The van der Waals surface area contributed by atoms with E-state index in [1.165, 1.54) is 25.7 Å². The Morgan fingerprint density at radius 3 is 2.57 bits per heavy atom. The first-order valence-corrected chi connectivity index (χ1v) is 9.01. The third-order valence-corrected chi connectivity index (χ3v) is 5.24. The van der Waals surface area contributed by atoms with Crippen molar-refractivity contribution >= 4 is 5.78 Å². The maximum atomic E-state index is 12.2. The van der Waals surface area contributed by atoms with E-state index in [4.69, 9.17) is 9.47 Å². The first-order chi connectivity index (χ1) is 11.1. The number of epoxide rings is 1. The average molecular weight is 324 g/mol. The standard InChI is InChI=1S/C18H28O5/c1-2-3-4-5-6-7-8-11(19)9-13-14-12(10-22-13)15(20)17-18(23-17)16(14)21/h13,15-18,20-21H,2-10H2,1H3/t13-,15-,16-,17+,18-/m1/s1. The third kappa shape index (κ3) is 3.68. The Kier molecular flexibility index (Phi) is 5.52. The van der Waals surface area contributed by atoms with Crippen LogP contribution in [0.3, 0.4) is 0 Å². The van der Waals surface area contributed by atoms with E-state index in [1.54, 1.807) is 0 Å². The van der Waals surface area contributed by atoms with E-state index in [0.717, 1.165) is 18.4 Å². The molecule has 5 heteroatoms. The number of Topliss-reactive ketones (excluding diaryl/α,β-unsaturated/α-hetero) is 1. The highest BCUT2D eigenvalue weighted by Crippen LogP contribution is 2.45. The van der Waals surface area contributed by atoms with Crippen molar-refractivity contribution in [1.82, 2.24) is 0 Å². The second-order valence-corrected chi connectivity index (χ2v) is 7.00. The highest BCUT2D eigenvalue weighted by molar-refractivity contribution is 5.79. The molecule has 130 valence electrons. The second kappa shape index (κ2) is 7.43. The zero-order valence-corrected chi connectivity index (χ0v) is 13.9. The number of aliphatic hydroxyl groups is 2. The summed E-state index contributed by atoms with van der Waals surface area (Å²) in [4.78, 5) is 12.2. The molecule has 2 aliphatic heterocycles. The lowest BCUT2D eigenvalue weighted by Crippen LogP contribution is -2.36. The quantitative estimate of drug-likeness (QED) is 0.385. The summed E-state index contributed by atoms with van der Waals surface area (Å²) < 4.78 is 11.0. The lowest BCUT2D eigenvalue weighted by molar-refractivity contribution is -0.121. The fraction of sp³-hybridized carbons (Fsp3) is 0.833. The molecule has 1 fully saturated rings. The number of carbonyl (C=O) groups is 1. The normalized spacial score (nSPS) is 35.2. The average Bonchev–Trinajstić information content (AvgIpc) is 3.24. The number of ether oxygens (including phenoxy) is 2. The van der Waals surface area contributed by atoms with Crippen molar-refractivity contribution < 1.29 is 24.5 Å². The van der Waals surface area contributed by atoms with Gasteiger partial charge in [-0.15, -0.1) is 0 Å². The van der Waals surface area contributed by atoms with Gasteiger partial charge in [0.15, 0.2) is 0 Å². The summed E-state index contributed by atoms with van der Waals surface area (Å²) in [6.45, 7) is 2.49. The van der Waals surface area contributed by atoms with Crippen LogP contribution >= 0.6 is 0 Å². The van der Waals surface area contributed by atoms with Crippen LogP contribution in [0.4, 0.5) is 0 Å². The Labute approximate surface area is 137 Å². The molecule has 0 aromatic carbocycles. The van der Waals surface area contributed by atoms with Crippen LogP contribution in [-0.2, 0) is 14.3 Å². The number of fused-ring (bicyclic) bond motifs is 1. The summed E-state index contributed by atoms with van der Waals surface area (Å²) in [5.41, 5.74) is 1.43. The van der Waals surface area contributed by atoms with Gasteiger partial charge >= 0.3 is 0 Å². The van der Waals surface area contributed by atoms with E-state index in [2.05, 4.69) is 6.92 Å². The molecule has 0 amide bonds. The Morgan fingerprint density at radius 2 is 1.78 bits per heavy atom. The van der Waals surface area contributed by atoms with Crippen LogP contribution in [-0.4, -0.2) is 53.1 Å². The minimum Gasteiger partial charge on any atom is -0.386 e. The Hall–Kier alpha value is -0.750. The fourth-order valence-corrected chi connectivity index (χ4v) is 3.81. The van der Waals surface area contributed by atoms with Crippen LogP contribution in [0, 0.1) is 0 Å². The number of hydrogen-bond acceptors (Lipinski definition) is 5. The first kappa shape index (κ1) is 17.1. The van der Waals surface area contributed by atoms with Crippen LogP contribution < -0.4 is 0 Å². The van der Waals surface area contributed by atoms with Gasteiger partial charge in [0.2, 0.25) is 0 Å². The van der Waals surface area contributed by atoms with Gasteiger partial charge in [-0.3, -0.25) is 4.79 Å². The highest BCUT2D eigenvalue weighted by atomic mass is 16.6. The molecule has 23 heavy (non-hydrogen) atoms. The Balaban J connectivity index is 1.44. The van der Waals surface area contributed by atoms with Crippen LogP contribution in [0.5, 0.6) is 0 Å². The molecule has 0 unspecified atom stereocenters. The molecule has 5 atom stereocenters. The monoisotopic (exact) mass is 324 g/mol. The van der Waals surface area contributed by atoms with E-state index >= 15 is 0 Å². The summed E-state index contributed by atoms with van der Waals surface area (Å²) in [6, 6.07) is 0. The van der Waals surface area contributed by atoms with Gasteiger partial charge in [-0.05, 0) is 17.6 Å². The van der Waals surface area contributed by atoms with Crippen LogP contribution in [0.25, 0.3) is 0 Å². The number of hydrogen-bond donors (Lipinski definition) is 2. The molecule has 1 saturated heterocycles. The minimum atomic E-state index is -0.729. The lowest BCUT2D eigenvalue weighted by atomic mass is 9.85. The SMILES string of the molecule is CCCCCCCCC(=O)C[C@H]1OCC2=C1[C@@H](O)[C@H]1O[C@H]1[C@@H]2O. The summed E-state index contributed by atoms with van der Waals surface area (Å²) in [7, 11) is 0. The van der Waals surface area contributed by atoms with Crippen LogP contribution in [0.2, 0.25) is 0 Å². The van der Waals surface area contributed by atoms with Crippen molar-refractivity contribution in [2.75, 3.05) is 6.61 Å². The van der Waals surface area contributed by atoms with E-state index in [1.807, 2.05) is 0 Å². The molecule has 0 bridgehead atoms. The predicted molar refractivity (Wildman–Crippen MR) is 85.1 cm³/mol. The third-order valence-electron chi connectivity index (χ3n) is 5.24. The predicted octanol–water partition coefficient (Wildman–Crippen LogP) is 1.89. The first-order valence-electron chi connectivity index (χ1n) is 9.01. The molecule has 0 spiro atoms. The molecule has 0 saturated carbocycles. The maximum absolute atomic E-state index is 12.2. The Morgan fingerprint density at radius 1 is 1.09 bits per heavy atom. The Bertz CT molecular complexity index is 472. The van der Waals surface area contributed by atoms with Crippen molar-refractivity contribution in [2.24, 2.45) is 0 Å². The van der Waals surface area contributed by atoms with Crippen molar-refractivity contribution in [1.29, 1.82) is 0 Å². The number of ketones is 1. The van der Waals surface area contributed by atoms with Gasteiger partial charge in [0.1, 0.15) is 30.2 Å². The van der Waals surface area contributed by atoms with Crippen molar-refractivity contribution in [2.45, 2.75) is 88.8 Å². The largest absolute Gasteiger partial charge is 0.386 e. The molecule has 1 aliphatic carbocycles. The van der Waals surface area contributed by atoms with Crippen LogP contribution in [0.15, 0.2) is 11.1 Å². The smallest absolute Gasteiger partial charge is 0.135 e. The summed E-state index contributed by atoms with van der Waals surface area (Å²) in [6.07, 6.45) is 5.46. The molecule has 0 radical (unpaired) electrons. The number of rotatable bonds is 9. The summed E-state index contributed by atoms with van der Waals surface area (Å²) in [5, 5.41) is 20.4. The zero-order valence-electron chi connectivity index (χ0n) is 13.9. The summed E-state index contributed by atoms with van der Waals surface area (Å²) >= 11 is 0. The molecular weight excluding hydrogens is 296 g/mol. The zero-order chi connectivity index (χ0) is 16.4. The maximum Gasteiger partial charge on any atom is 0.135 e. The molecule has 2 N–H and O–H groups in total. The van der Waals surface area contributed by atoms with Gasteiger partial charge in [0.25, 0.3) is 0 Å². The van der Waals surface area contributed by atoms with Gasteiger partial charge in [0, 0.05) is 12.8 Å². The highest BCUT2D eigenvalue weighted by Gasteiger charge is 2.58. The molecule has 0 aromatic rings. The van der Waals surface area contributed by atoms with Gasteiger partial charge < -0.3 is 19.7 Å². The van der Waals surface area contributed by atoms with Gasteiger partial charge in [-0.2, -0.15) is 0 Å². The number of unbranched alkanes of at least 4 members (excludes halogenated alkanes) is 5. The van der Waals surface area contributed by atoms with E-state index in [-0.39, 0.29) is 24.1 Å². The molecule has 2 heterocycles. The van der Waals surface area contributed by atoms with E-state index < -0.39 is 12.2 Å². The molecule has 0 aromatic heterocycles. The summed E-state index contributed by atoms with van der Waals surface area (Å²) in [5.74, 6) is 0.180. The van der Waals surface area contributed by atoms with Gasteiger partial charge in [0.05, 0.1) is 12.7 Å². The van der Waals surface area contributed by atoms with E-state index in [0.29, 0.717) is 25.0 Å². The minimum absolute atomic E-state index is 0.180. The van der Waals surface area contributed by atoms with Gasteiger partial charge in [-0.1, -0.05) is 39.0 Å². The number of aliphatic hydroxyl groups excluding tert-OH is 2. The van der Waals surface area contributed by atoms with E-state index in [9.17, 15) is 15.0 Å².